The molecule has 1 aromatic heterocycles. The fourth-order valence-corrected chi connectivity index (χ4v) is 3.13. The number of ether oxygens (including phenoxy) is 1. The average Bonchev–Trinajstić information content (AvgIpc) is 2.65. The summed E-state index contributed by atoms with van der Waals surface area (Å²) >= 11 is 4.80. The molecule has 0 aliphatic carbocycles. The van der Waals surface area contributed by atoms with Gasteiger partial charge in [-0.1, -0.05) is 20.8 Å². The molecule has 0 amide bonds. The zero-order valence-corrected chi connectivity index (χ0v) is 13.1. The summed E-state index contributed by atoms with van der Waals surface area (Å²) in [6.07, 6.45) is -1.74. The third-order valence-corrected chi connectivity index (χ3v) is 4.10. The number of methoxy groups -OCH3 is 1. The first-order valence-electron chi connectivity index (χ1n) is 6.04. The summed E-state index contributed by atoms with van der Waals surface area (Å²) in [6.45, 7) is 5.48. The Kier molecular flexibility index (Phi) is 3.30. The fraction of sp³-hybridized carbons (Fsp3) is 0.462. The van der Waals surface area contributed by atoms with E-state index in [0.29, 0.717) is 16.8 Å². The van der Waals surface area contributed by atoms with Crippen molar-refractivity contribution in [3.8, 4) is 5.75 Å². The average molecular weight is 331 g/mol. The smallest absolute Gasteiger partial charge is 0.160 e. The van der Waals surface area contributed by atoms with E-state index in [4.69, 9.17) is 6.11 Å². The summed E-state index contributed by atoms with van der Waals surface area (Å²) in [5.74, 6) is 0.619. The number of aromatic nitrogens is 1. The van der Waals surface area contributed by atoms with E-state index in [1.165, 1.54) is 11.3 Å². The molecule has 2 rings (SSSR count). The highest BCUT2D eigenvalue weighted by atomic mass is 79.9. The maximum absolute atomic E-state index is 10.6. The molecule has 0 fully saturated rings. The number of rotatable bonds is 2. The molecular weight excluding hydrogens is 314 g/mol. The van der Waals surface area contributed by atoms with Crippen LogP contribution in [-0.2, 0) is 0 Å². The van der Waals surface area contributed by atoms with Crippen molar-refractivity contribution in [2.24, 2.45) is 5.41 Å². The Hall–Kier alpha value is -0.650. The minimum Gasteiger partial charge on any atom is -0.497 e. The van der Waals surface area contributed by atoms with E-state index >= 15 is 0 Å². The second-order valence-electron chi connectivity index (χ2n) is 5.09. The molecule has 0 aliphatic rings. The van der Waals surface area contributed by atoms with Gasteiger partial charge in [0.25, 0.3) is 0 Å². The molecule has 0 saturated carbocycles. The Labute approximate surface area is 120 Å². The van der Waals surface area contributed by atoms with Crippen molar-refractivity contribution in [1.29, 1.82) is 0 Å². The fourth-order valence-electron chi connectivity index (χ4n) is 1.68. The lowest BCUT2D eigenvalue weighted by atomic mass is 9.84. The number of hydrogen-bond donors (Lipinski definition) is 1. The first kappa shape index (κ1) is 12.4. The first-order chi connectivity index (χ1) is 8.66. The van der Waals surface area contributed by atoms with Gasteiger partial charge in [0, 0.05) is 5.56 Å². The molecule has 98 valence electrons. The van der Waals surface area contributed by atoms with Gasteiger partial charge in [-0.25, -0.2) is 4.98 Å². The Morgan fingerprint density at radius 1 is 1.50 bits per heavy atom. The van der Waals surface area contributed by atoms with Crippen molar-refractivity contribution < 1.29 is 11.2 Å². The van der Waals surface area contributed by atoms with Crippen molar-refractivity contribution in [3.63, 3.8) is 0 Å². The van der Waals surface area contributed by atoms with E-state index in [2.05, 4.69) is 20.9 Å². The third kappa shape index (κ3) is 2.53. The number of aliphatic hydroxyl groups is 1. The van der Waals surface area contributed by atoms with Crippen molar-refractivity contribution in [2.45, 2.75) is 26.9 Å². The SMILES string of the molecule is [2H]C(O)(c1cc(OC)cc2sc(Br)nc12)C(C)(C)C. The van der Waals surface area contributed by atoms with E-state index in [0.717, 1.165) is 8.62 Å². The zero-order valence-electron chi connectivity index (χ0n) is 11.7. The van der Waals surface area contributed by atoms with Crippen LogP contribution in [0.4, 0.5) is 0 Å². The zero-order chi connectivity index (χ0) is 14.4. The van der Waals surface area contributed by atoms with Crippen LogP contribution in [0, 0.1) is 5.41 Å². The van der Waals surface area contributed by atoms with Gasteiger partial charge in [-0.3, -0.25) is 0 Å². The highest BCUT2D eigenvalue weighted by Gasteiger charge is 2.27. The largest absolute Gasteiger partial charge is 0.497 e. The van der Waals surface area contributed by atoms with Crippen LogP contribution in [-0.4, -0.2) is 17.2 Å². The molecule has 0 saturated heterocycles. The Morgan fingerprint density at radius 3 is 2.72 bits per heavy atom. The predicted octanol–water partition coefficient (Wildman–Crippen LogP) is 4.15. The minimum absolute atomic E-state index is 0.469. The van der Waals surface area contributed by atoms with Crippen molar-refractivity contribution >= 4 is 37.5 Å². The molecule has 1 unspecified atom stereocenters. The summed E-state index contributed by atoms with van der Waals surface area (Å²) in [5, 5.41) is 10.6. The van der Waals surface area contributed by atoms with Crippen LogP contribution in [0.25, 0.3) is 10.2 Å². The molecule has 1 atom stereocenters. The summed E-state index contributed by atoms with van der Waals surface area (Å²) in [6, 6.07) is 3.55. The summed E-state index contributed by atoms with van der Waals surface area (Å²) in [4.78, 5) is 4.37. The lowest BCUT2D eigenvalue weighted by Crippen LogP contribution is -2.18. The molecule has 0 bridgehead atoms. The Bertz CT molecular complexity index is 619. The van der Waals surface area contributed by atoms with Crippen molar-refractivity contribution in [3.05, 3.63) is 21.6 Å². The second-order valence-corrected chi connectivity index (χ2v) is 7.39. The topological polar surface area (TPSA) is 42.4 Å². The van der Waals surface area contributed by atoms with E-state index in [1.54, 1.807) is 13.2 Å². The van der Waals surface area contributed by atoms with Gasteiger partial charge >= 0.3 is 0 Å². The summed E-state index contributed by atoms with van der Waals surface area (Å²) < 4.78 is 15.2. The number of hydrogen-bond acceptors (Lipinski definition) is 4. The van der Waals surface area contributed by atoms with Gasteiger partial charge in [-0.15, -0.1) is 11.3 Å². The highest BCUT2D eigenvalue weighted by Crippen LogP contribution is 2.40. The predicted molar refractivity (Wildman–Crippen MR) is 78.3 cm³/mol. The number of halogens is 1. The molecule has 1 N–H and O–H groups in total. The summed E-state index contributed by atoms with van der Waals surface area (Å²) in [7, 11) is 1.57. The summed E-state index contributed by atoms with van der Waals surface area (Å²) in [5.41, 5.74) is 0.476. The van der Waals surface area contributed by atoms with E-state index in [1.807, 2.05) is 26.8 Å². The molecule has 3 nitrogen and oxygen atoms in total. The minimum atomic E-state index is -1.74. The Balaban J connectivity index is 2.77. The van der Waals surface area contributed by atoms with Crippen LogP contribution in [0.3, 0.4) is 0 Å². The molecule has 1 aromatic carbocycles. The normalized spacial score (nSPS) is 16.4. The monoisotopic (exact) mass is 330 g/mol. The van der Waals surface area contributed by atoms with Crippen molar-refractivity contribution in [2.75, 3.05) is 7.11 Å². The quantitative estimate of drug-likeness (QED) is 0.899. The first-order valence-corrected chi connectivity index (χ1v) is 7.14. The highest BCUT2D eigenvalue weighted by molar-refractivity contribution is 9.11. The van der Waals surface area contributed by atoms with Crippen LogP contribution in [0.2, 0.25) is 0 Å². The van der Waals surface area contributed by atoms with Crippen LogP contribution < -0.4 is 4.74 Å². The van der Waals surface area contributed by atoms with Crippen LogP contribution in [0.15, 0.2) is 16.0 Å². The van der Waals surface area contributed by atoms with Crippen LogP contribution >= 0.6 is 27.3 Å². The van der Waals surface area contributed by atoms with E-state index < -0.39 is 11.5 Å². The van der Waals surface area contributed by atoms with Gasteiger partial charge in [0.05, 0.1) is 24.8 Å². The molecule has 5 heteroatoms. The number of thiazole rings is 1. The molecule has 0 radical (unpaired) electrons. The second kappa shape index (κ2) is 4.79. The van der Waals surface area contributed by atoms with E-state index in [9.17, 15) is 5.11 Å². The van der Waals surface area contributed by atoms with Gasteiger partial charge < -0.3 is 9.84 Å². The number of nitrogens with zero attached hydrogens (tertiary/aromatic N) is 1. The molecule has 18 heavy (non-hydrogen) atoms. The number of benzene rings is 1. The van der Waals surface area contributed by atoms with Crippen LogP contribution in [0.5, 0.6) is 5.75 Å². The lowest BCUT2D eigenvalue weighted by Gasteiger charge is -2.26. The van der Waals surface area contributed by atoms with Crippen LogP contribution in [0.1, 0.15) is 33.8 Å². The van der Waals surface area contributed by atoms with Gasteiger partial charge in [0.2, 0.25) is 0 Å². The van der Waals surface area contributed by atoms with Gasteiger partial charge in [-0.2, -0.15) is 0 Å². The molecule has 2 aromatic rings. The molecule has 0 spiro atoms. The number of fused-ring (bicyclic) bond motifs is 1. The molecule has 0 aliphatic heterocycles. The van der Waals surface area contributed by atoms with E-state index in [-0.39, 0.29) is 0 Å². The molecule has 1 heterocycles. The standard InChI is InChI=1S/C13H16BrNO2S/c1-13(2,3)11(16)8-5-7(17-4)6-9-10(8)15-12(14)18-9/h5-6,11,16H,1-4H3/i11D. The Morgan fingerprint density at radius 2 is 2.17 bits per heavy atom. The van der Waals surface area contributed by atoms with Crippen molar-refractivity contribution in [1.82, 2.24) is 4.98 Å². The maximum atomic E-state index is 10.6. The lowest BCUT2D eigenvalue weighted by molar-refractivity contribution is 0.0636. The van der Waals surface area contributed by atoms with Gasteiger partial charge in [-0.05, 0) is 33.5 Å². The third-order valence-electron chi connectivity index (χ3n) is 2.64. The van der Waals surface area contributed by atoms with Gasteiger partial charge in [0.1, 0.15) is 5.75 Å². The maximum Gasteiger partial charge on any atom is 0.160 e. The van der Waals surface area contributed by atoms with Gasteiger partial charge in [0.15, 0.2) is 3.92 Å². The molecular formula is C13H16BrNO2S.